The van der Waals surface area contributed by atoms with Crippen molar-refractivity contribution < 1.29 is 14.3 Å². The van der Waals surface area contributed by atoms with Crippen LogP contribution in [0.5, 0.6) is 11.5 Å². The molecule has 8 nitrogen and oxygen atoms in total. The molecule has 1 aromatic carbocycles. The lowest BCUT2D eigenvalue weighted by Gasteiger charge is -2.51. The van der Waals surface area contributed by atoms with E-state index >= 15 is 0 Å². The van der Waals surface area contributed by atoms with Crippen LogP contribution in [-0.4, -0.2) is 64.4 Å². The SMILES string of the molecule is O=C(c1cc(=O)[nH][nH]1)N1C[C@@H](c2ccc3c(c2)OCO3)[C@@H]2[C@H]1C1CCN2CC1. The zero-order chi connectivity index (χ0) is 18.8. The van der Waals surface area contributed by atoms with Gasteiger partial charge < -0.3 is 14.4 Å². The van der Waals surface area contributed by atoms with Crippen molar-refractivity contribution in [2.24, 2.45) is 5.92 Å². The fourth-order valence-corrected chi connectivity index (χ4v) is 5.69. The number of H-pyrrole nitrogens is 2. The topological polar surface area (TPSA) is 90.7 Å². The summed E-state index contributed by atoms with van der Waals surface area (Å²) >= 11 is 0. The lowest BCUT2D eigenvalue weighted by Crippen LogP contribution is -2.60. The first-order valence-corrected chi connectivity index (χ1v) is 9.91. The second-order valence-electron chi connectivity index (χ2n) is 8.20. The smallest absolute Gasteiger partial charge is 0.272 e. The van der Waals surface area contributed by atoms with Crippen molar-refractivity contribution in [3.05, 3.63) is 45.9 Å². The van der Waals surface area contributed by atoms with Gasteiger partial charge in [0.2, 0.25) is 6.79 Å². The number of aromatic amines is 2. The van der Waals surface area contributed by atoms with Crippen LogP contribution in [0.3, 0.4) is 0 Å². The first-order valence-electron chi connectivity index (χ1n) is 9.91. The first kappa shape index (κ1) is 16.2. The molecule has 0 aliphatic carbocycles. The Morgan fingerprint density at radius 2 is 1.86 bits per heavy atom. The van der Waals surface area contributed by atoms with Crippen LogP contribution >= 0.6 is 0 Å². The van der Waals surface area contributed by atoms with Gasteiger partial charge in [-0.2, -0.15) is 0 Å². The van der Waals surface area contributed by atoms with E-state index in [9.17, 15) is 9.59 Å². The Morgan fingerprint density at radius 1 is 1.04 bits per heavy atom. The van der Waals surface area contributed by atoms with Gasteiger partial charge in [-0.3, -0.25) is 24.7 Å². The molecular formula is C20H22N4O4. The van der Waals surface area contributed by atoms with Crippen LogP contribution in [0.25, 0.3) is 0 Å². The number of nitrogens with zero attached hydrogens (tertiary/aromatic N) is 2. The number of nitrogens with one attached hydrogen (secondary N) is 2. The minimum atomic E-state index is -0.277. The molecule has 1 aromatic heterocycles. The van der Waals surface area contributed by atoms with Crippen LogP contribution in [0.2, 0.25) is 0 Å². The summed E-state index contributed by atoms with van der Waals surface area (Å²) in [6.07, 6.45) is 2.25. The molecule has 2 N–H and O–H groups in total. The van der Waals surface area contributed by atoms with Gasteiger partial charge in [-0.1, -0.05) is 6.07 Å². The summed E-state index contributed by atoms with van der Waals surface area (Å²) in [5.41, 5.74) is 1.25. The number of fused-ring (bicyclic) bond motifs is 3. The summed E-state index contributed by atoms with van der Waals surface area (Å²) in [7, 11) is 0. The number of amides is 1. The molecule has 3 atom stereocenters. The van der Waals surface area contributed by atoms with E-state index in [-0.39, 0.29) is 30.2 Å². The number of piperidine rings is 3. The third-order valence-corrected chi connectivity index (χ3v) is 6.91. The highest BCUT2D eigenvalue weighted by Gasteiger charge is 2.55. The molecule has 2 bridgehead atoms. The summed E-state index contributed by atoms with van der Waals surface area (Å²) < 4.78 is 11.0. The van der Waals surface area contributed by atoms with Crippen molar-refractivity contribution in [3.8, 4) is 11.5 Å². The van der Waals surface area contributed by atoms with E-state index in [1.54, 1.807) is 0 Å². The van der Waals surface area contributed by atoms with Gasteiger partial charge in [-0.25, -0.2) is 0 Å². The maximum absolute atomic E-state index is 13.2. The van der Waals surface area contributed by atoms with Crippen LogP contribution in [-0.2, 0) is 0 Å². The fraction of sp³-hybridized carbons (Fsp3) is 0.500. The summed E-state index contributed by atoms with van der Waals surface area (Å²) in [6, 6.07) is 7.99. The molecule has 4 saturated heterocycles. The molecule has 1 amide bonds. The Labute approximate surface area is 161 Å². The van der Waals surface area contributed by atoms with Crippen molar-refractivity contribution in [3.63, 3.8) is 0 Å². The Hall–Kier alpha value is -2.74. The van der Waals surface area contributed by atoms with Crippen molar-refractivity contribution in [2.75, 3.05) is 26.4 Å². The predicted octanol–water partition coefficient (Wildman–Crippen LogP) is 1.13. The average molecular weight is 382 g/mol. The Bertz CT molecular complexity index is 990. The molecule has 6 heterocycles. The zero-order valence-corrected chi connectivity index (χ0v) is 15.4. The molecule has 0 radical (unpaired) electrons. The van der Waals surface area contributed by atoms with Crippen molar-refractivity contribution in [2.45, 2.75) is 30.8 Å². The summed E-state index contributed by atoms with van der Waals surface area (Å²) in [5, 5.41) is 5.21. The molecule has 0 spiro atoms. The van der Waals surface area contributed by atoms with E-state index in [0.29, 0.717) is 24.2 Å². The first-order chi connectivity index (χ1) is 13.7. The Balaban J connectivity index is 1.39. The van der Waals surface area contributed by atoms with Crippen LogP contribution in [0.4, 0.5) is 0 Å². The van der Waals surface area contributed by atoms with E-state index in [1.165, 1.54) is 11.6 Å². The summed E-state index contributed by atoms with van der Waals surface area (Å²) in [4.78, 5) is 29.3. The van der Waals surface area contributed by atoms with Gasteiger partial charge in [0.15, 0.2) is 11.5 Å². The fourth-order valence-electron chi connectivity index (χ4n) is 5.69. The number of aromatic nitrogens is 2. The number of carbonyl (C=O) groups excluding carboxylic acids is 1. The number of benzene rings is 1. The number of hydrogen-bond acceptors (Lipinski definition) is 5. The normalized spacial score (nSPS) is 32.6. The third kappa shape index (κ3) is 2.27. The average Bonchev–Trinajstić information content (AvgIpc) is 3.46. The van der Waals surface area contributed by atoms with Gasteiger partial charge in [0.1, 0.15) is 5.69 Å². The molecule has 146 valence electrons. The summed E-state index contributed by atoms with van der Waals surface area (Å²) in [5.74, 6) is 2.21. The monoisotopic (exact) mass is 382 g/mol. The van der Waals surface area contributed by atoms with Crippen LogP contribution < -0.4 is 15.0 Å². The molecule has 4 fully saturated rings. The molecule has 0 saturated carbocycles. The maximum atomic E-state index is 13.2. The summed E-state index contributed by atoms with van der Waals surface area (Å²) in [6.45, 7) is 3.09. The Morgan fingerprint density at radius 3 is 2.64 bits per heavy atom. The predicted molar refractivity (Wildman–Crippen MR) is 99.6 cm³/mol. The number of rotatable bonds is 2. The van der Waals surface area contributed by atoms with Crippen molar-refractivity contribution >= 4 is 5.91 Å². The van der Waals surface area contributed by atoms with Crippen LogP contribution in [0.1, 0.15) is 34.8 Å². The van der Waals surface area contributed by atoms with Crippen molar-refractivity contribution in [1.29, 1.82) is 0 Å². The van der Waals surface area contributed by atoms with Gasteiger partial charge in [0.05, 0.1) is 6.04 Å². The highest BCUT2D eigenvalue weighted by Crippen LogP contribution is 2.48. The second kappa shape index (κ2) is 5.88. The second-order valence-corrected chi connectivity index (χ2v) is 8.20. The molecule has 5 aliphatic rings. The standard InChI is InChI=1S/C20H22N4O4/c25-17-8-14(21-22-17)20(26)24-9-13(12-1-2-15-16(7-12)28-10-27-15)19-18(24)11-3-5-23(19)6-4-11/h1-2,7-8,11,13,18-19H,3-6,9-10H2,(H2,21,22,25)/t13-,18+,19+/m0/s1. The van der Waals surface area contributed by atoms with Gasteiger partial charge in [-0.15, -0.1) is 0 Å². The van der Waals surface area contributed by atoms with Gasteiger partial charge in [0, 0.05) is 24.6 Å². The van der Waals surface area contributed by atoms with Gasteiger partial charge in [-0.05, 0) is 49.5 Å². The maximum Gasteiger partial charge on any atom is 0.272 e. The molecule has 2 aromatic rings. The van der Waals surface area contributed by atoms with Crippen LogP contribution in [0, 0.1) is 5.92 Å². The van der Waals surface area contributed by atoms with Gasteiger partial charge in [0.25, 0.3) is 11.5 Å². The molecule has 8 heteroatoms. The third-order valence-electron chi connectivity index (χ3n) is 6.91. The highest BCUT2D eigenvalue weighted by atomic mass is 16.7. The molecular weight excluding hydrogens is 360 g/mol. The van der Waals surface area contributed by atoms with E-state index in [2.05, 4.69) is 27.2 Å². The number of ether oxygens (including phenoxy) is 2. The minimum absolute atomic E-state index is 0.0923. The van der Waals surface area contributed by atoms with Gasteiger partial charge >= 0.3 is 0 Å². The van der Waals surface area contributed by atoms with E-state index < -0.39 is 0 Å². The van der Waals surface area contributed by atoms with E-state index in [1.807, 2.05) is 11.0 Å². The number of carbonyl (C=O) groups is 1. The lowest BCUT2D eigenvalue weighted by molar-refractivity contribution is -0.00359. The number of hydrogen-bond donors (Lipinski definition) is 2. The van der Waals surface area contributed by atoms with Crippen LogP contribution in [0.15, 0.2) is 29.1 Å². The Kier molecular flexibility index (Phi) is 3.41. The molecule has 5 aliphatic heterocycles. The zero-order valence-electron chi connectivity index (χ0n) is 15.4. The highest BCUT2D eigenvalue weighted by molar-refractivity contribution is 5.93. The molecule has 7 rings (SSSR count). The van der Waals surface area contributed by atoms with Crippen molar-refractivity contribution in [1.82, 2.24) is 20.0 Å². The van der Waals surface area contributed by atoms with E-state index in [4.69, 9.17) is 9.47 Å². The molecule has 28 heavy (non-hydrogen) atoms. The van der Waals surface area contributed by atoms with E-state index in [0.717, 1.165) is 37.4 Å². The minimum Gasteiger partial charge on any atom is -0.454 e. The number of likely N-dealkylation sites (tertiary alicyclic amines) is 1. The molecule has 0 unspecified atom stereocenters. The lowest BCUT2D eigenvalue weighted by atomic mass is 9.75. The largest absolute Gasteiger partial charge is 0.454 e. The quantitative estimate of drug-likeness (QED) is 0.813.